The number of carbonyl (C=O) groups excluding carboxylic acids is 1. The first kappa shape index (κ1) is 16.4. The Bertz CT molecular complexity index is 1030. The normalized spacial score (nSPS) is 17.9. The molecule has 1 saturated carbocycles. The summed E-state index contributed by atoms with van der Waals surface area (Å²) in [6.07, 6.45) is 6.29. The average Bonchev–Trinajstić information content (AvgIpc) is 3.39. The lowest BCUT2D eigenvalue weighted by molar-refractivity contribution is -0.125. The van der Waals surface area contributed by atoms with Gasteiger partial charge >= 0.3 is 0 Å². The molecule has 1 saturated heterocycles. The van der Waals surface area contributed by atoms with E-state index in [9.17, 15) is 4.79 Å². The average molecular weight is 361 g/mol. The molecule has 1 amide bonds. The Morgan fingerprint density at radius 2 is 1.93 bits per heavy atom. The minimum absolute atomic E-state index is 0.0807. The Kier molecular flexibility index (Phi) is 3.75. The van der Waals surface area contributed by atoms with E-state index in [0.717, 1.165) is 47.0 Å². The Morgan fingerprint density at radius 3 is 2.63 bits per heavy atom. The van der Waals surface area contributed by atoms with Crippen LogP contribution in [0.2, 0.25) is 0 Å². The van der Waals surface area contributed by atoms with Crippen LogP contribution in [0, 0.1) is 12.8 Å². The van der Waals surface area contributed by atoms with E-state index in [4.69, 9.17) is 0 Å². The highest BCUT2D eigenvalue weighted by atomic mass is 16.2. The predicted octanol–water partition coefficient (Wildman–Crippen LogP) is 2.98. The van der Waals surface area contributed by atoms with Gasteiger partial charge < -0.3 is 9.88 Å². The van der Waals surface area contributed by atoms with E-state index in [1.807, 2.05) is 32.4 Å². The number of hydrogen-bond acceptors (Lipinski definition) is 4. The summed E-state index contributed by atoms with van der Waals surface area (Å²) in [5.74, 6) is 1.77. The molecule has 138 valence electrons. The molecule has 2 aliphatic rings. The highest BCUT2D eigenvalue weighted by Gasteiger charge is 2.40. The zero-order valence-corrected chi connectivity index (χ0v) is 15.6. The van der Waals surface area contributed by atoms with Crippen molar-refractivity contribution in [2.24, 2.45) is 13.0 Å². The number of aryl methyl sites for hydroxylation is 1. The molecule has 3 heterocycles. The number of fused-ring (bicyclic) bond motifs is 1. The van der Waals surface area contributed by atoms with Crippen molar-refractivity contribution < 1.29 is 4.79 Å². The van der Waals surface area contributed by atoms with Crippen LogP contribution in [0.15, 0.2) is 36.7 Å². The Labute approximate surface area is 158 Å². The van der Waals surface area contributed by atoms with Crippen LogP contribution in [-0.4, -0.2) is 44.5 Å². The highest BCUT2D eigenvalue weighted by Crippen LogP contribution is 2.33. The fourth-order valence-electron chi connectivity index (χ4n) is 3.78. The van der Waals surface area contributed by atoms with Crippen LogP contribution in [-0.2, 0) is 11.8 Å². The number of nitrogens with zero attached hydrogens (tertiary/aromatic N) is 4. The SMILES string of the molecule is Cc1ncc(-c2ccc3cnc(NC(=O)C4CN(C5CC5)C4)cc3c2)n1C. The van der Waals surface area contributed by atoms with Crippen LogP contribution in [0.3, 0.4) is 0 Å². The highest BCUT2D eigenvalue weighted by molar-refractivity contribution is 5.95. The summed E-state index contributed by atoms with van der Waals surface area (Å²) in [4.78, 5) is 23.7. The van der Waals surface area contributed by atoms with Crippen molar-refractivity contribution >= 4 is 22.5 Å². The minimum atomic E-state index is 0.0807. The van der Waals surface area contributed by atoms with Gasteiger partial charge in [-0.2, -0.15) is 0 Å². The molecule has 1 aliphatic carbocycles. The van der Waals surface area contributed by atoms with Crippen molar-refractivity contribution in [2.45, 2.75) is 25.8 Å². The van der Waals surface area contributed by atoms with Crippen LogP contribution >= 0.6 is 0 Å². The van der Waals surface area contributed by atoms with Crippen molar-refractivity contribution in [3.8, 4) is 11.3 Å². The van der Waals surface area contributed by atoms with Gasteiger partial charge in [-0.15, -0.1) is 0 Å². The summed E-state index contributed by atoms with van der Waals surface area (Å²) in [6.45, 7) is 3.76. The summed E-state index contributed by atoms with van der Waals surface area (Å²) in [6, 6.07) is 8.96. The van der Waals surface area contributed by atoms with E-state index in [2.05, 4.69) is 43.0 Å². The van der Waals surface area contributed by atoms with Crippen molar-refractivity contribution in [3.05, 3.63) is 42.5 Å². The van der Waals surface area contributed by atoms with Crippen LogP contribution in [0.25, 0.3) is 22.0 Å². The van der Waals surface area contributed by atoms with E-state index >= 15 is 0 Å². The number of benzene rings is 1. The summed E-state index contributed by atoms with van der Waals surface area (Å²) in [7, 11) is 2.02. The molecule has 6 nitrogen and oxygen atoms in total. The second kappa shape index (κ2) is 6.16. The molecule has 2 fully saturated rings. The smallest absolute Gasteiger partial charge is 0.231 e. The van der Waals surface area contributed by atoms with Gasteiger partial charge in [0.15, 0.2) is 0 Å². The third-order valence-electron chi connectivity index (χ3n) is 5.83. The van der Waals surface area contributed by atoms with Gasteiger partial charge in [0.1, 0.15) is 11.6 Å². The fourth-order valence-corrected chi connectivity index (χ4v) is 3.78. The van der Waals surface area contributed by atoms with E-state index in [0.29, 0.717) is 5.82 Å². The van der Waals surface area contributed by atoms with Crippen LogP contribution in [0.4, 0.5) is 5.82 Å². The summed E-state index contributed by atoms with van der Waals surface area (Å²) < 4.78 is 2.08. The first-order valence-corrected chi connectivity index (χ1v) is 9.52. The molecule has 1 aromatic carbocycles. The number of imidazole rings is 1. The number of pyridine rings is 1. The van der Waals surface area contributed by atoms with Gasteiger partial charge in [-0.25, -0.2) is 9.97 Å². The van der Waals surface area contributed by atoms with Gasteiger partial charge in [-0.1, -0.05) is 12.1 Å². The van der Waals surface area contributed by atoms with Crippen molar-refractivity contribution in [3.63, 3.8) is 0 Å². The second-order valence-corrected chi connectivity index (χ2v) is 7.75. The molecule has 2 aromatic heterocycles. The van der Waals surface area contributed by atoms with E-state index in [1.54, 1.807) is 0 Å². The van der Waals surface area contributed by atoms with Gasteiger partial charge in [0, 0.05) is 43.3 Å². The number of hydrogen-bond donors (Lipinski definition) is 1. The maximum absolute atomic E-state index is 12.5. The predicted molar refractivity (Wildman–Crippen MR) is 105 cm³/mol. The number of amides is 1. The molecule has 3 aromatic rings. The van der Waals surface area contributed by atoms with Gasteiger partial charge in [-0.05, 0) is 37.3 Å². The van der Waals surface area contributed by atoms with Gasteiger partial charge in [0.2, 0.25) is 5.91 Å². The number of aromatic nitrogens is 3. The molecule has 0 spiro atoms. The molecular weight excluding hydrogens is 338 g/mol. The monoisotopic (exact) mass is 361 g/mol. The molecule has 0 radical (unpaired) electrons. The quantitative estimate of drug-likeness (QED) is 0.776. The number of nitrogens with one attached hydrogen (secondary N) is 1. The molecular formula is C21H23N5O. The molecule has 5 rings (SSSR count). The number of carbonyl (C=O) groups is 1. The lowest BCUT2D eigenvalue weighted by Crippen LogP contribution is -2.52. The van der Waals surface area contributed by atoms with Crippen molar-refractivity contribution in [2.75, 3.05) is 18.4 Å². The standard InChI is InChI=1S/C21H23N5O/c1-13-22-10-19(25(13)2)14-3-4-15-9-23-20(8-16(15)7-14)24-21(27)17-11-26(12-17)18-5-6-18/h3-4,7-10,17-18H,5-6,11-12H2,1-2H3,(H,23,24,27). The topological polar surface area (TPSA) is 63.1 Å². The zero-order valence-electron chi connectivity index (χ0n) is 15.6. The fraction of sp³-hybridized carbons (Fsp3) is 0.381. The number of anilines is 1. The number of rotatable bonds is 4. The molecule has 1 N–H and O–H groups in total. The van der Waals surface area contributed by atoms with E-state index < -0.39 is 0 Å². The second-order valence-electron chi connectivity index (χ2n) is 7.75. The van der Waals surface area contributed by atoms with Crippen LogP contribution < -0.4 is 5.32 Å². The third kappa shape index (κ3) is 3.00. The summed E-state index contributed by atoms with van der Waals surface area (Å²) in [5.41, 5.74) is 2.18. The summed E-state index contributed by atoms with van der Waals surface area (Å²) in [5, 5.41) is 5.11. The van der Waals surface area contributed by atoms with Crippen molar-refractivity contribution in [1.82, 2.24) is 19.4 Å². The maximum Gasteiger partial charge on any atom is 0.231 e. The minimum Gasteiger partial charge on any atom is -0.331 e. The van der Waals surface area contributed by atoms with Crippen molar-refractivity contribution in [1.29, 1.82) is 0 Å². The number of likely N-dealkylation sites (tertiary alicyclic amines) is 1. The van der Waals surface area contributed by atoms with Crippen LogP contribution in [0.1, 0.15) is 18.7 Å². The van der Waals surface area contributed by atoms with Gasteiger partial charge in [-0.3, -0.25) is 9.69 Å². The molecule has 0 unspecified atom stereocenters. The Morgan fingerprint density at radius 1 is 1.11 bits per heavy atom. The lowest BCUT2D eigenvalue weighted by Gasteiger charge is -2.38. The molecule has 1 aliphatic heterocycles. The molecule has 27 heavy (non-hydrogen) atoms. The molecule has 0 atom stereocenters. The Hall–Kier alpha value is -2.73. The van der Waals surface area contributed by atoms with Crippen LogP contribution in [0.5, 0.6) is 0 Å². The first-order valence-electron chi connectivity index (χ1n) is 9.52. The molecule has 0 bridgehead atoms. The first-order chi connectivity index (χ1) is 13.1. The largest absolute Gasteiger partial charge is 0.331 e. The maximum atomic E-state index is 12.5. The van der Waals surface area contributed by atoms with Gasteiger partial charge in [0.05, 0.1) is 17.8 Å². The van der Waals surface area contributed by atoms with E-state index in [-0.39, 0.29) is 11.8 Å². The Balaban J connectivity index is 1.36. The zero-order chi connectivity index (χ0) is 18.5. The lowest BCUT2D eigenvalue weighted by atomic mass is 9.99. The van der Waals surface area contributed by atoms with Gasteiger partial charge in [0.25, 0.3) is 0 Å². The summed E-state index contributed by atoms with van der Waals surface area (Å²) >= 11 is 0. The molecule has 6 heteroatoms. The third-order valence-corrected chi connectivity index (χ3v) is 5.83. The van der Waals surface area contributed by atoms with E-state index in [1.165, 1.54) is 12.8 Å².